The molecule has 0 saturated heterocycles. The number of hydrogen-bond acceptors (Lipinski definition) is 1. The zero-order chi connectivity index (χ0) is 8.43. The Kier molecular flexibility index (Phi) is 2.53. The van der Waals surface area contributed by atoms with Crippen molar-refractivity contribution in [3.63, 3.8) is 0 Å². The number of halogens is 1. The van der Waals surface area contributed by atoms with Gasteiger partial charge >= 0.3 is 0 Å². The molecule has 11 heavy (non-hydrogen) atoms. The first-order valence-corrected chi connectivity index (χ1v) is 3.94. The van der Waals surface area contributed by atoms with E-state index in [1.165, 1.54) is 0 Å². The summed E-state index contributed by atoms with van der Waals surface area (Å²) in [5.74, 6) is 0. The van der Waals surface area contributed by atoms with Crippen molar-refractivity contribution in [1.29, 1.82) is 0 Å². The fourth-order valence-electron chi connectivity index (χ4n) is 1.17. The summed E-state index contributed by atoms with van der Waals surface area (Å²) in [6, 6.07) is 5.61. The van der Waals surface area contributed by atoms with Crippen LogP contribution in [0.5, 0.6) is 0 Å². The summed E-state index contributed by atoms with van der Waals surface area (Å²) < 4.78 is 0. The van der Waals surface area contributed by atoms with Gasteiger partial charge in [-0.15, -0.1) is 0 Å². The molecule has 0 spiro atoms. The highest BCUT2D eigenvalue weighted by Gasteiger charge is 2.07. The minimum atomic E-state index is -0.483. The summed E-state index contributed by atoms with van der Waals surface area (Å²) in [4.78, 5) is 0. The Hall–Kier alpha value is -0.530. The first-order chi connectivity index (χ1) is 5.13. The van der Waals surface area contributed by atoms with Crippen LogP contribution in [0.4, 0.5) is 0 Å². The maximum Gasteiger partial charge on any atom is 0.0778 e. The highest BCUT2D eigenvalue weighted by molar-refractivity contribution is 6.31. The van der Waals surface area contributed by atoms with Crippen molar-refractivity contribution in [1.82, 2.24) is 0 Å². The molecule has 1 aromatic carbocycles. The number of aryl methyl sites for hydroxylation is 1. The monoisotopic (exact) mass is 170 g/mol. The van der Waals surface area contributed by atoms with Crippen LogP contribution in [0.3, 0.4) is 0 Å². The van der Waals surface area contributed by atoms with Crippen molar-refractivity contribution in [2.75, 3.05) is 0 Å². The van der Waals surface area contributed by atoms with Gasteiger partial charge in [-0.05, 0) is 25.5 Å². The second-order valence-electron chi connectivity index (χ2n) is 2.65. The van der Waals surface area contributed by atoms with Crippen LogP contribution in [0, 0.1) is 6.92 Å². The molecule has 0 saturated carbocycles. The summed E-state index contributed by atoms with van der Waals surface area (Å²) in [7, 11) is 0. The molecule has 2 heteroatoms. The number of hydrogen-bond donors (Lipinski definition) is 1. The fourth-order valence-corrected chi connectivity index (χ4v) is 1.55. The van der Waals surface area contributed by atoms with E-state index in [0.29, 0.717) is 5.02 Å². The van der Waals surface area contributed by atoms with Crippen LogP contribution in [-0.4, -0.2) is 5.11 Å². The Morgan fingerprint density at radius 1 is 1.45 bits per heavy atom. The second kappa shape index (κ2) is 3.24. The van der Waals surface area contributed by atoms with Gasteiger partial charge in [-0.3, -0.25) is 0 Å². The average molecular weight is 171 g/mol. The van der Waals surface area contributed by atoms with Gasteiger partial charge in [0.2, 0.25) is 0 Å². The fraction of sp³-hybridized carbons (Fsp3) is 0.333. The van der Waals surface area contributed by atoms with E-state index in [4.69, 9.17) is 11.6 Å². The van der Waals surface area contributed by atoms with Crippen molar-refractivity contribution in [2.45, 2.75) is 20.0 Å². The molecule has 1 atom stereocenters. The topological polar surface area (TPSA) is 20.2 Å². The highest BCUT2D eigenvalue weighted by atomic mass is 35.5. The normalized spacial score (nSPS) is 13.1. The van der Waals surface area contributed by atoms with Crippen LogP contribution in [0.2, 0.25) is 5.02 Å². The predicted molar refractivity (Wildman–Crippen MR) is 46.8 cm³/mol. The molecular weight excluding hydrogens is 160 g/mol. The third-order valence-electron chi connectivity index (χ3n) is 1.69. The van der Waals surface area contributed by atoms with E-state index in [1.54, 1.807) is 13.0 Å². The number of aliphatic hydroxyl groups is 1. The Bertz CT molecular complexity index is 235. The van der Waals surface area contributed by atoms with Gasteiger partial charge in [0.05, 0.1) is 6.10 Å². The van der Waals surface area contributed by atoms with E-state index in [1.807, 2.05) is 19.1 Å². The van der Waals surface area contributed by atoms with Crippen molar-refractivity contribution in [2.24, 2.45) is 0 Å². The lowest BCUT2D eigenvalue weighted by Crippen LogP contribution is -1.95. The lowest BCUT2D eigenvalue weighted by molar-refractivity contribution is 0.198. The second-order valence-corrected chi connectivity index (χ2v) is 3.05. The molecule has 0 amide bonds. The highest BCUT2D eigenvalue weighted by Crippen LogP contribution is 2.25. The predicted octanol–water partition coefficient (Wildman–Crippen LogP) is 2.70. The molecule has 0 aliphatic carbocycles. The van der Waals surface area contributed by atoms with Crippen LogP contribution >= 0.6 is 11.6 Å². The summed E-state index contributed by atoms with van der Waals surface area (Å²) in [6.07, 6.45) is -0.483. The van der Waals surface area contributed by atoms with Crippen LogP contribution in [0.1, 0.15) is 24.2 Å². The molecule has 0 aromatic heterocycles. The van der Waals surface area contributed by atoms with Crippen molar-refractivity contribution in [3.8, 4) is 0 Å². The maximum absolute atomic E-state index is 9.30. The number of benzene rings is 1. The smallest absolute Gasteiger partial charge is 0.0778 e. The quantitative estimate of drug-likeness (QED) is 0.687. The summed E-state index contributed by atoms with van der Waals surface area (Å²) in [6.45, 7) is 3.65. The van der Waals surface area contributed by atoms with Crippen molar-refractivity contribution in [3.05, 3.63) is 34.3 Å². The third-order valence-corrected chi connectivity index (χ3v) is 2.02. The SMILES string of the molecule is Cc1cccc(Cl)c1C(C)O. The third kappa shape index (κ3) is 1.73. The van der Waals surface area contributed by atoms with Gasteiger partial charge in [0, 0.05) is 10.6 Å². The molecule has 0 aliphatic heterocycles. The van der Waals surface area contributed by atoms with E-state index in [9.17, 15) is 5.11 Å². The molecule has 0 radical (unpaired) electrons. The van der Waals surface area contributed by atoms with E-state index in [-0.39, 0.29) is 0 Å². The van der Waals surface area contributed by atoms with Crippen LogP contribution in [-0.2, 0) is 0 Å². The molecule has 1 unspecified atom stereocenters. The summed E-state index contributed by atoms with van der Waals surface area (Å²) in [5, 5.41) is 9.94. The van der Waals surface area contributed by atoms with Crippen LogP contribution < -0.4 is 0 Å². The largest absolute Gasteiger partial charge is 0.389 e. The first kappa shape index (κ1) is 8.57. The zero-order valence-corrected chi connectivity index (χ0v) is 7.39. The maximum atomic E-state index is 9.30. The van der Waals surface area contributed by atoms with Crippen molar-refractivity contribution >= 4 is 11.6 Å². The molecule has 60 valence electrons. The lowest BCUT2D eigenvalue weighted by atomic mass is 10.1. The van der Waals surface area contributed by atoms with Gasteiger partial charge < -0.3 is 5.11 Å². The van der Waals surface area contributed by atoms with Gasteiger partial charge in [0.25, 0.3) is 0 Å². The summed E-state index contributed by atoms with van der Waals surface area (Å²) in [5.41, 5.74) is 1.86. The molecule has 0 fully saturated rings. The minimum Gasteiger partial charge on any atom is -0.389 e. The Labute approximate surface area is 71.6 Å². The van der Waals surface area contributed by atoms with Gasteiger partial charge in [0.1, 0.15) is 0 Å². The summed E-state index contributed by atoms with van der Waals surface area (Å²) >= 11 is 5.86. The first-order valence-electron chi connectivity index (χ1n) is 3.56. The molecular formula is C9H11ClO. The van der Waals surface area contributed by atoms with Crippen LogP contribution in [0.15, 0.2) is 18.2 Å². The number of rotatable bonds is 1. The Morgan fingerprint density at radius 2 is 2.09 bits per heavy atom. The van der Waals surface area contributed by atoms with E-state index in [2.05, 4.69) is 0 Å². The van der Waals surface area contributed by atoms with Gasteiger partial charge in [-0.25, -0.2) is 0 Å². The van der Waals surface area contributed by atoms with Crippen LogP contribution in [0.25, 0.3) is 0 Å². The Morgan fingerprint density at radius 3 is 2.45 bits per heavy atom. The molecule has 0 bridgehead atoms. The lowest BCUT2D eigenvalue weighted by Gasteiger charge is -2.09. The molecule has 1 nitrogen and oxygen atoms in total. The van der Waals surface area contributed by atoms with Crippen molar-refractivity contribution < 1.29 is 5.11 Å². The average Bonchev–Trinajstić information content (AvgIpc) is 1.85. The van der Waals surface area contributed by atoms with E-state index < -0.39 is 6.10 Å². The molecule has 1 aromatic rings. The van der Waals surface area contributed by atoms with Gasteiger partial charge in [0.15, 0.2) is 0 Å². The van der Waals surface area contributed by atoms with Gasteiger partial charge in [-0.2, -0.15) is 0 Å². The molecule has 1 rings (SSSR count). The Balaban J connectivity index is 3.21. The molecule has 1 N–H and O–H groups in total. The standard InChI is InChI=1S/C9H11ClO/c1-6-4-3-5-8(10)9(6)7(2)11/h3-5,7,11H,1-2H3. The minimum absolute atomic E-state index is 0.483. The van der Waals surface area contributed by atoms with E-state index >= 15 is 0 Å². The molecule has 0 aliphatic rings. The van der Waals surface area contributed by atoms with Gasteiger partial charge in [-0.1, -0.05) is 23.7 Å². The molecule has 0 heterocycles. The zero-order valence-electron chi connectivity index (χ0n) is 6.63. The van der Waals surface area contributed by atoms with E-state index in [0.717, 1.165) is 11.1 Å². The number of aliphatic hydroxyl groups excluding tert-OH is 1.